The monoisotopic (exact) mass is 346 g/mol. The van der Waals surface area contributed by atoms with Crippen molar-refractivity contribution in [2.24, 2.45) is 0 Å². The quantitative estimate of drug-likeness (QED) is 0.721. The minimum absolute atomic E-state index is 0.146. The fourth-order valence-corrected chi connectivity index (χ4v) is 2.27. The molecule has 4 nitrogen and oxygen atoms in total. The van der Waals surface area contributed by atoms with Gasteiger partial charge in [0.2, 0.25) is 0 Å². The van der Waals surface area contributed by atoms with Gasteiger partial charge in [-0.15, -0.1) is 0 Å². The lowest BCUT2D eigenvalue weighted by atomic mass is 10.0. The van der Waals surface area contributed by atoms with E-state index < -0.39 is 17.4 Å². The van der Waals surface area contributed by atoms with Crippen LogP contribution in [0.4, 0.5) is 8.78 Å². The Hall–Kier alpha value is -2.76. The largest absolute Gasteiger partial charge is 0.345 e. The number of hydrogen-bond acceptors (Lipinski definition) is 2. The Bertz CT molecular complexity index is 956. The first-order chi connectivity index (χ1) is 11.9. The van der Waals surface area contributed by atoms with Crippen molar-refractivity contribution in [2.45, 2.75) is 33.6 Å². The summed E-state index contributed by atoms with van der Waals surface area (Å²) in [5.74, 6) is -2.31. The van der Waals surface area contributed by atoms with Crippen molar-refractivity contribution < 1.29 is 13.6 Å². The summed E-state index contributed by atoms with van der Waals surface area (Å²) in [6.07, 6.45) is 4.22. The third-order valence-electron chi connectivity index (χ3n) is 3.78. The Morgan fingerprint density at radius 1 is 1.08 bits per heavy atom. The van der Waals surface area contributed by atoms with Crippen LogP contribution in [0.5, 0.6) is 0 Å². The molecule has 0 spiro atoms. The Morgan fingerprint density at radius 2 is 1.72 bits per heavy atom. The maximum Gasteiger partial charge on any atom is 0.256 e. The van der Waals surface area contributed by atoms with Crippen LogP contribution in [0.15, 0.2) is 41.3 Å². The van der Waals surface area contributed by atoms with Crippen molar-refractivity contribution in [3.05, 3.63) is 75.3 Å². The highest BCUT2D eigenvalue weighted by Crippen LogP contribution is 2.17. The molecular weight excluding hydrogens is 326 g/mol. The molecule has 0 fully saturated rings. The molecule has 0 radical (unpaired) electrons. The molecule has 1 N–H and O–H groups in total. The standard InChI is InChI=1S/C15H10F2N2O2.C4H10/c1-8-7-18-15-11(4-5-13(20)19(8)15)14(21)10-3-2-9(16)6-12(10)17;1-3-4-2/h2-7,18H,1H3;3-4H2,1-2H3. The van der Waals surface area contributed by atoms with E-state index in [2.05, 4.69) is 18.8 Å². The molecule has 3 rings (SSSR count). The van der Waals surface area contributed by atoms with Crippen LogP contribution in [-0.4, -0.2) is 15.2 Å². The smallest absolute Gasteiger partial charge is 0.256 e. The van der Waals surface area contributed by atoms with Crippen molar-refractivity contribution in [3.8, 4) is 0 Å². The van der Waals surface area contributed by atoms with Gasteiger partial charge in [-0.25, -0.2) is 8.78 Å². The number of benzene rings is 1. The Kier molecular flexibility index (Phi) is 5.85. The number of fused-ring (bicyclic) bond motifs is 1. The van der Waals surface area contributed by atoms with Crippen LogP contribution >= 0.6 is 0 Å². The number of imidazole rings is 1. The first-order valence-corrected chi connectivity index (χ1v) is 8.10. The number of rotatable bonds is 3. The zero-order valence-corrected chi connectivity index (χ0v) is 14.4. The van der Waals surface area contributed by atoms with Gasteiger partial charge in [-0.3, -0.25) is 14.0 Å². The fourth-order valence-electron chi connectivity index (χ4n) is 2.27. The predicted molar refractivity (Wildman–Crippen MR) is 93.1 cm³/mol. The van der Waals surface area contributed by atoms with E-state index in [-0.39, 0.29) is 22.3 Å². The number of pyridine rings is 1. The second kappa shape index (κ2) is 7.88. The third kappa shape index (κ3) is 3.84. The number of halogens is 2. The molecule has 132 valence electrons. The molecule has 3 aromatic rings. The topological polar surface area (TPSA) is 54.3 Å². The van der Waals surface area contributed by atoms with E-state index in [4.69, 9.17) is 0 Å². The summed E-state index contributed by atoms with van der Waals surface area (Å²) in [6.45, 7) is 6.07. The molecule has 0 aliphatic heterocycles. The number of carbonyl (C=O) groups excluding carboxylic acids is 1. The van der Waals surface area contributed by atoms with E-state index in [0.29, 0.717) is 11.8 Å². The van der Waals surface area contributed by atoms with Crippen LogP contribution in [-0.2, 0) is 0 Å². The Morgan fingerprint density at radius 3 is 2.32 bits per heavy atom. The molecule has 25 heavy (non-hydrogen) atoms. The van der Waals surface area contributed by atoms with Gasteiger partial charge in [-0.05, 0) is 25.1 Å². The van der Waals surface area contributed by atoms with Crippen molar-refractivity contribution in [3.63, 3.8) is 0 Å². The van der Waals surface area contributed by atoms with Crippen LogP contribution in [0.25, 0.3) is 5.65 Å². The average molecular weight is 346 g/mol. The zero-order chi connectivity index (χ0) is 18.6. The van der Waals surface area contributed by atoms with Crippen molar-refractivity contribution in [1.82, 2.24) is 9.38 Å². The van der Waals surface area contributed by atoms with Crippen LogP contribution in [0.2, 0.25) is 0 Å². The van der Waals surface area contributed by atoms with E-state index in [1.807, 2.05) is 0 Å². The molecule has 0 atom stereocenters. The SMILES string of the molecule is CCCC.Cc1c[nH]c2c(C(=O)c3ccc(F)cc3F)ccc(=O)n12. The number of unbranched alkanes of at least 4 members (excludes halogenated alkanes) is 1. The zero-order valence-electron chi connectivity index (χ0n) is 14.4. The number of nitrogens with zero attached hydrogens (tertiary/aromatic N) is 1. The first-order valence-electron chi connectivity index (χ1n) is 8.10. The van der Waals surface area contributed by atoms with E-state index >= 15 is 0 Å². The Balaban J connectivity index is 0.000000511. The second-order valence-corrected chi connectivity index (χ2v) is 5.65. The predicted octanol–water partition coefficient (Wildman–Crippen LogP) is 4.25. The lowest BCUT2D eigenvalue weighted by Gasteiger charge is -2.05. The minimum Gasteiger partial charge on any atom is -0.345 e. The number of nitrogens with one attached hydrogen (secondary N) is 1. The van der Waals surface area contributed by atoms with Gasteiger partial charge in [0.15, 0.2) is 5.78 Å². The molecule has 1 aromatic carbocycles. The normalized spacial score (nSPS) is 10.4. The van der Waals surface area contributed by atoms with Gasteiger partial charge in [0.05, 0.1) is 11.1 Å². The van der Waals surface area contributed by atoms with Gasteiger partial charge in [0.25, 0.3) is 5.56 Å². The molecule has 2 heterocycles. The second-order valence-electron chi connectivity index (χ2n) is 5.65. The number of carbonyl (C=O) groups is 1. The van der Waals surface area contributed by atoms with E-state index in [0.717, 1.165) is 12.1 Å². The summed E-state index contributed by atoms with van der Waals surface area (Å²) in [5, 5.41) is 0. The van der Waals surface area contributed by atoms with Crippen LogP contribution in [0, 0.1) is 18.6 Å². The molecule has 0 bridgehead atoms. The summed E-state index contributed by atoms with van der Waals surface area (Å²) in [5.41, 5.74) is 0.523. The molecule has 0 aliphatic rings. The van der Waals surface area contributed by atoms with Gasteiger partial charge in [-0.1, -0.05) is 26.7 Å². The summed E-state index contributed by atoms with van der Waals surface area (Å²) in [6, 6.07) is 5.33. The molecule has 6 heteroatoms. The van der Waals surface area contributed by atoms with E-state index in [9.17, 15) is 18.4 Å². The molecule has 0 saturated carbocycles. The third-order valence-corrected chi connectivity index (χ3v) is 3.78. The number of aryl methyl sites for hydroxylation is 1. The number of aromatic nitrogens is 2. The van der Waals surface area contributed by atoms with Gasteiger partial charge in [-0.2, -0.15) is 0 Å². The van der Waals surface area contributed by atoms with Gasteiger partial charge in [0.1, 0.15) is 17.3 Å². The molecular formula is C19H20F2N2O2. The number of hydrogen-bond donors (Lipinski definition) is 1. The van der Waals surface area contributed by atoms with E-state index in [1.54, 1.807) is 13.1 Å². The van der Waals surface area contributed by atoms with Gasteiger partial charge >= 0.3 is 0 Å². The molecule has 0 amide bonds. The summed E-state index contributed by atoms with van der Waals surface area (Å²) >= 11 is 0. The lowest BCUT2D eigenvalue weighted by molar-refractivity contribution is 0.103. The number of aromatic amines is 1. The molecule has 0 unspecified atom stereocenters. The average Bonchev–Trinajstić information content (AvgIpc) is 2.98. The van der Waals surface area contributed by atoms with E-state index in [1.165, 1.54) is 29.4 Å². The highest BCUT2D eigenvalue weighted by Gasteiger charge is 2.19. The Labute approximate surface area is 144 Å². The van der Waals surface area contributed by atoms with Crippen LogP contribution < -0.4 is 5.56 Å². The van der Waals surface area contributed by atoms with Crippen molar-refractivity contribution in [2.75, 3.05) is 0 Å². The summed E-state index contributed by atoms with van der Waals surface area (Å²) < 4.78 is 28.0. The molecule has 0 saturated heterocycles. The summed E-state index contributed by atoms with van der Waals surface area (Å²) in [4.78, 5) is 27.0. The van der Waals surface area contributed by atoms with Crippen molar-refractivity contribution >= 4 is 11.4 Å². The first kappa shape index (κ1) is 18.6. The van der Waals surface area contributed by atoms with Crippen LogP contribution in [0.1, 0.15) is 48.3 Å². The highest BCUT2D eigenvalue weighted by atomic mass is 19.1. The summed E-state index contributed by atoms with van der Waals surface area (Å²) in [7, 11) is 0. The lowest BCUT2D eigenvalue weighted by Crippen LogP contribution is -2.16. The fraction of sp³-hybridized carbons (Fsp3) is 0.263. The van der Waals surface area contributed by atoms with Gasteiger partial charge < -0.3 is 4.98 Å². The molecule has 0 aliphatic carbocycles. The number of H-pyrrole nitrogens is 1. The maximum absolute atomic E-state index is 13.7. The molecule has 2 aromatic heterocycles. The van der Waals surface area contributed by atoms with Crippen molar-refractivity contribution in [1.29, 1.82) is 0 Å². The van der Waals surface area contributed by atoms with Crippen LogP contribution in [0.3, 0.4) is 0 Å². The minimum atomic E-state index is -0.937. The number of ketones is 1. The maximum atomic E-state index is 13.7. The highest BCUT2D eigenvalue weighted by molar-refractivity contribution is 6.12. The van der Waals surface area contributed by atoms with Gasteiger partial charge in [0, 0.05) is 24.0 Å².